The van der Waals surface area contributed by atoms with Crippen molar-refractivity contribution in [3.63, 3.8) is 0 Å². The van der Waals surface area contributed by atoms with Crippen LogP contribution in [0, 0.1) is 6.92 Å². The predicted molar refractivity (Wildman–Crippen MR) is 90.8 cm³/mol. The summed E-state index contributed by atoms with van der Waals surface area (Å²) in [6, 6.07) is 15.7. The molecular weight excluding hydrogens is 290 g/mol. The highest BCUT2D eigenvalue weighted by atomic mass is 16.5. The second-order valence-electron chi connectivity index (χ2n) is 6.09. The predicted octanol–water partition coefficient (Wildman–Crippen LogP) is 4.39. The molecule has 4 heteroatoms. The number of aromatic amines is 1. The Balaban J connectivity index is 2.23. The summed E-state index contributed by atoms with van der Waals surface area (Å²) in [7, 11) is 0. The molecule has 118 valence electrons. The third-order valence-electron chi connectivity index (χ3n) is 3.92. The molecule has 2 N–H and O–H groups in total. The molecular formula is C19H19NO3. The van der Waals surface area contributed by atoms with Gasteiger partial charge in [-0.05, 0) is 38.5 Å². The second-order valence-corrected chi connectivity index (χ2v) is 6.09. The van der Waals surface area contributed by atoms with E-state index in [4.69, 9.17) is 4.74 Å². The summed E-state index contributed by atoms with van der Waals surface area (Å²) in [5.74, 6) is -0.430. The fraction of sp³-hybridized carbons (Fsp3) is 0.211. The van der Waals surface area contributed by atoms with Crippen molar-refractivity contribution in [1.29, 1.82) is 0 Å². The van der Waals surface area contributed by atoms with E-state index in [1.165, 1.54) is 0 Å². The molecule has 1 heterocycles. The first-order valence-electron chi connectivity index (χ1n) is 7.49. The largest absolute Gasteiger partial charge is 0.478 e. The minimum Gasteiger partial charge on any atom is -0.478 e. The van der Waals surface area contributed by atoms with Gasteiger partial charge in [0.25, 0.3) is 0 Å². The third kappa shape index (κ3) is 2.68. The SMILES string of the molecule is Cc1[nH]c2cccc(OC(C)(C)C(=O)O)c2c1-c1ccccc1. The van der Waals surface area contributed by atoms with Gasteiger partial charge in [0, 0.05) is 22.2 Å². The number of rotatable bonds is 4. The lowest BCUT2D eigenvalue weighted by atomic mass is 10.0. The van der Waals surface area contributed by atoms with E-state index in [9.17, 15) is 9.90 Å². The minimum atomic E-state index is -1.30. The minimum absolute atomic E-state index is 0.568. The first-order valence-corrected chi connectivity index (χ1v) is 7.49. The average molecular weight is 309 g/mol. The van der Waals surface area contributed by atoms with Crippen molar-refractivity contribution in [2.24, 2.45) is 0 Å². The van der Waals surface area contributed by atoms with E-state index in [0.717, 1.165) is 27.7 Å². The zero-order valence-corrected chi connectivity index (χ0v) is 13.4. The summed E-state index contributed by atoms with van der Waals surface area (Å²) in [5.41, 5.74) is 2.76. The Bertz CT molecular complexity index is 863. The van der Waals surface area contributed by atoms with Crippen LogP contribution >= 0.6 is 0 Å². The van der Waals surface area contributed by atoms with Crippen molar-refractivity contribution in [3.05, 3.63) is 54.2 Å². The van der Waals surface area contributed by atoms with E-state index in [0.29, 0.717) is 5.75 Å². The normalized spacial score (nSPS) is 11.6. The molecule has 0 fully saturated rings. The number of benzene rings is 2. The Labute approximate surface area is 134 Å². The van der Waals surface area contributed by atoms with Crippen LogP contribution in [0.3, 0.4) is 0 Å². The number of carbonyl (C=O) groups is 1. The van der Waals surface area contributed by atoms with Gasteiger partial charge in [-0.2, -0.15) is 0 Å². The van der Waals surface area contributed by atoms with Gasteiger partial charge in [0.05, 0.1) is 0 Å². The molecule has 0 amide bonds. The zero-order valence-electron chi connectivity index (χ0n) is 13.4. The molecule has 2 aromatic carbocycles. The number of aromatic nitrogens is 1. The first-order chi connectivity index (χ1) is 10.9. The highest BCUT2D eigenvalue weighted by molar-refractivity contribution is 6.01. The summed E-state index contributed by atoms with van der Waals surface area (Å²) < 4.78 is 5.83. The average Bonchev–Trinajstić information content (AvgIpc) is 2.84. The maximum absolute atomic E-state index is 11.4. The Morgan fingerprint density at radius 2 is 1.78 bits per heavy atom. The third-order valence-corrected chi connectivity index (χ3v) is 3.92. The van der Waals surface area contributed by atoms with Crippen LogP contribution in [-0.2, 0) is 4.79 Å². The second kappa shape index (κ2) is 5.47. The number of aryl methyl sites for hydroxylation is 1. The summed E-state index contributed by atoms with van der Waals surface area (Å²) in [6.07, 6.45) is 0. The van der Waals surface area contributed by atoms with Crippen molar-refractivity contribution < 1.29 is 14.6 Å². The molecule has 0 atom stereocenters. The molecule has 0 spiro atoms. The fourth-order valence-corrected chi connectivity index (χ4v) is 2.71. The van der Waals surface area contributed by atoms with Crippen LogP contribution in [-0.4, -0.2) is 21.7 Å². The van der Waals surface area contributed by atoms with Crippen LogP contribution < -0.4 is 4.74 Å². The Kier molecular flexibility index (Phi) is 3.60. The van der Waals surface area contributed by atoms with Crippen LogP contribution in [0.4, 0.5) is 0 Å². The molecule has 0 aliphatic rings. The summed E-state index contributed by atoms with van der Waals surface area (Å²) in [6.45, 7) is 5.11. The highest BCUT2D eigenvalue weighted by Crippen LogP contribution is 2.39. The zero-order chi connectivity index (χ0) is 16.6. The van der Waals surface area contributed by atoms with Gasteiger partial charge in [0.1, 0.15) is 5.75 Å². The molecule has 23 heavy (non-hydrogen) atoms. The smallest absolute Gasteiger partial charge is 0.347 e. The van der Waals surface area contributed by atoms with Gasteiger partial charge >= 0.3 is 5.97 Å². The number of aliphatic carboxylic acids is 1. The van der Waals surface area contributed by atoms with E-state index in [2.05, 4.69) is 4.98 Å². The molecule has 0 unspecified atom stereocenters. The lowest BCUT2D eigenvalue weighted by Crippen LogP contribution is -2.37. The summed E-state index contributed by atoms with van der Waals surface area (Å²) >= 11 is 0. The quantitative estimate of drug-likeness (QED) is 0.751. The molecule has 0 saturated heterocycles. The van der Waals surface area contributed by atoms with Crippen LogP contribution in [0.15, 0.2) is 48.5 Å². The maximum atomic E-state index is 11.4. The Hall–Kier alpha value is -2.75. The lowest BCUT2D eigenvalue weighted by molar-refractivity contribution is -0.152. The van der Waals surface area contributed by atoms with Crippen molar-refractivity contribution in [3.8, 4) is 16.9 Å². The number of carboxylic acid groups (broad SMARTS) is 1. The summed E-state index contributed by atoms with van der Waals surface area (Å²) in [5, 5.41) is 10.2. The Morgan fingerprint density at radius 3 is 2.43 bits per heavy atom. The molecule has 0 saturated carbocycles. The van der Waals surface area contributed by atoms with Crippen LogP contribution in [0.25, 0.3) is 22.0 Å². The molecule has 3 rings (SSSR count). The van der Waals surface area contributed by atoms with Crippen molar-refractivity contribution >= 4 is 16.9 Å². The van der Waals surface area contributed by atoms with Gasteiger partial charge in [-0.15, -0.1) is 0 Å². The van der Waals surface area contributed by atoms with E-state index in [-0.39, 0.29) is 0 Å². The molecule has 1 aromatic heterocycles. The van der Waals surface area contributed by atoms with Crippen LogP contribution in [0.2, 0.25) is 0 Å². The number of ether oxygens (including phenoxy) is 1. The van der Waals surface area contributed by atoms with E-state index in [1.807, 2.05) is 55.5 Å². The van der Waals surface area contributed by atoms with Crippen molar-refractivity contribution in [2.75, 3.05) is 0 Å². The molecule has 3 aromatic rings. The van der Waals surface area contributed by atoms with E-state index in [1.54, 1.807) is 13.8 Å². The van der Waals surface area contributed by atoms with Gasteiger partial charge in [-0.1, -0.05) is 36.4 Å². The number of carboxylic acids is 1. The highest BCUT2D eigenvalue weighted by Gasteiger charge is 2.30. The van der Waals surface area contributed by atoms with Crippen molar-refractivity contribution in [2.45, 2.75) is 26.4 Å². The maximum Gasteiger partial charge on any atom is 0.347 e. The lowest BCUT2D eigenvalue weighted by Gasteiger charge is -2.22. The van der Waals surface area contributed by atoms with E-state index < -0.39 is 11.6 Å². The number of hydrogen-bond acceptors (Lipinski definition) is 2. The molecule has 0 aliphatic heterocycles. The van der Waals surface area contributed by atoms with Gasteiger partial charge in [-0.3, -0.25) is 0 Å². The molecule has 0 aliphatic carbocycles. The standard InChI is InChI=1S/C19H19NO3/c1-12-16(13-8-5-4-6-9-13)17-14(20-12)10-7-11-15(17)23-19(2,3)18(21)22/h4-11,20H,1-3H3,(H,21,22). The number of H-pyrrole nitrogens is 1. The van der Waals surface area contributed by atoms with Gasteiger partial charge in [-0.25, -0.2) is 4.79 Å². The number of nitrogens with one attached hydrogen (secondary N) is 1. The van der Waals surface area contributed by atoms with Crippen LogP contribution in [0.5, 0.6) is 5.75 Å². The molecule has 0 radical (unpaired) electrons. The van der Waals surface area contributed by atoms with Crippen LogP contribution in [0.1, 0.15) is 19.5 Å². The van der Waals surface area contributed by atoms with Gasteiger partial charge in [0.2, 0.25) is 0 Å². The topological polar surface area (TPSA) is 62.3 Å². The summed E-state index contributed by atoms with van der Waals surface area (Å²) in [4.78, 5) is 14.7. The van der Waals surface area contributed by atoms with Crippen molar-refractivity contribution in [1.82, 2.24) is 4.98 Å². The monoisotopic (exact) mass is 309 g/mol. The molecule has 0 bridgehead atoms. The Morgan fingerprint density at radius 1 is 1.09 bits per heavy atom. The fourth-order valence-electron chi connectivity index (χ4n) is 2.71. The first kappa shape index (κ1) is 15.2. The van der Waals surface area contributed by atoms with Gasteiger partial charge < -0.3 is 14.8 Å². The molecule has 4 nitrogen and oxygen atoms in total. The number of hydrogen-bond donors (Lipinski definition) is 2. The van der Waals surface area contributed by atoms with Gasteiger partial charge in [0.15, 0.2) is 5.60 Å². The van der Waals surface area contributed by atoms with E-state index >= 15 is 0 Å². The number of fused-ring (bicyclic) bond motifs is 1.